The van der Waals surface area contributed by atoms with E-state index in [1.54, 1.807) is 12.1 Å². The molecule has 1 aliphatic rings. The average Bonchev–Trinajstić information content (AvgIpc) is 3.38. The van der Waals surface area contributed by atoms with Crippen LogP contribution in [0, 0.1) is 5.92 Å². The van der Waals surface area contributed by atoms with E-state index in [9.17, 15) is 18.3 Å². The molecule has 0 saturated heterocycles. The van der Waals surface area contributed by atoms with Crippen molar-refractivity contribution in [2.45, 2.75) is 30.6 Å². The first kappa shape index (κ1) is 17.5. The molecule has 0 aromatic heterocycles. The predicted octanol–water partition coefficient (Wildman–Crippen LogP) is 3.39. The van der Waals surface area contributed by atoms with Gasteiger partial charge in [0.05, 0.1) is 0 Å². The van der Waals surface area contributed by atoms with Gasteiger partial charge in [-0.1, -0.05) is 25.0 Å². The van der Waals surface area contributed by atoms with Crippen LogP contribution in [0.2, 0.25) is 0 Å². The zero-order chi connectivity index (χ0) is 18.0. The number of aryl methyl sites for hydroxylation is 1. The third kappa shape index (κ3) is 4.60. The zero-order valence-electron chi connectivity index (χ0n) is 14.0. The van der Waals surface area contributed by atoms with Crippen molar-refractivity contribution in [3.8, 4) is 5.75 Å². The highest BCUT2D eigenvalue weighted by Crippen LogP contribution is 2.33. The highest BCUT2D eigenvalue weighted by molar-refractivity contribution is 7.90. The van der Waals surface area contributed by atoms with Crippen molar-refractivity contribution in [2.75, 3.05) is 11.6 Å². The van der Waals surface area contributed by atoms with Crippen molar-refractivity contribution in [3.05, 3.63) is 53.6 Å². The molecule has 0 atom stereocenters. The SMILES string of the molecule is CS(=O)(=O)c1cc(NC(=O)c2ccc(CCC3CC3)cc2)ccc1O. The maximum absolute atomic E-state index is 12.3. The standard InChI is InChI=1S/C19H21NO4S/c1-25(23,24)18-12-16(10-11-17(18)21)20-19(22)15-8-6-14(7-9-15)5-4-13-2-3-13/h6-13,21H,2-5H2,1H3,(H,20,22). The Kier molecular flexibility index (Phi) is 4.81. The number of amides is 1. The Morgan fingerprint density at radius 2 is 1.84 bits per heavy atom. The van der Waals surface area contributed by atoms with Gasteiger partial charge in [-0.15, -0.1) is 0 Å². The molecule has 0 heterocycles. The van der Waals surface area contributed by atoms with Gasteiger partial charge in [0.2, 0.25) is 0 Å². The molecule has 2 N–H and O–H groups in total. The van der Waals surface area contributed by atoms with Crippen LogP contribution in [0.15, 0.2) is 47.4 Å². The number of sulfone groups is 1. The summed E-state index contributed by atoms with van der Waals surface area (Å²) in [6.45, 7) is 0. The number of carbonyl (C=O) groups is 1. The summed E-state index contributed by atoms with van der Waals surface area (Å²) < 4.78 is 23.3. The monoisotopic (exact) mass is 359 g/mol. The van der Waals surface area contributed by atoms with E-state index in [0.29, 0.717) is 11.3 Å². The number of rotatable bonds is 6. The summed E-state index contributed by atoms with van der Waals surface area (Å²) >= 11 is 0. The fourth-order valence-electron chi connectivity index (χ4n) is 2.69. The predicted molar refractivity (Wildman–Crippen MR) is 96.7 cm³/mol. The van der Waals surface area contributed by atoms with Gasteiger partial charge in [-0.25, -0.2) is 8.42 Å². The van der Waals surface area contributed by atoms with Crippen LogP contribution in [0.25, 0.3) is 0 Å². The summed E-state index contributed by atoms with van der Waals surface area (Å²) in [5, 5.41) is 12.3. The Morgan fingerprint density at radius 3 is 2.44 bits per heavy atom. The third-order valence-electron chi connectivity index (χ3n) is 4.37. The summed E-state index contributed by atoms with van der Waals surface area (Å²) in [5.74, 6) is 0.223. The number of aromatic hydroxyl groups is 1. The molecule has 1 aliphatic carbocycles. The topological polar surface area (TPSA) is 83.5 Å². The molecule has 2 aromatic rings. The maximum atomic E-state index is 12.3. The minimum absolute atomic E-state index is 0.208. The number of phenols is 1. The van der Waals surface area contributed by atoms with Crippen LogP contribution in [-0.2, 0) is 16.3 Å². The van der Waals surface area contributed by atoms with Gasteiger partial charge in [0.15, 0.2) is 9.84 Å². The molecule has 2 aromatic carbocycles. The number of hydrogen-bond donors (Lipinski definition) is 2. The lowest BCUT2D eigenvalue weighted by atomic mass is 10.1. The highest BCUT2D eigenvalue weighted by atomic mass is 32.2. The lowest BCUT2D eigenvalue weighted by Crippen LogP contribution is -2.12. The van der Waals surface area contributed by atoms with Gasteiger partial charge in [-0.05, 0) is 54.7 Å². The minimum Gasteiger partial charge on any atom is -0.507 e. The minimum atomic E-state index is -3.57. The van der Waals surface area contributed by atoms with Crippen molar-refractivity contribution in [1.82, 2.24) is 0 Å². The molecule has 25 heavy (non-hydrogen) atoms. The van der Waals surface area contributed by atoms with Crippen LogP contribution in [-0.4, -0.2) is 25.7 Å². The van der Waals surface area contributed by atoms with Gasteiger partial charge in [-0.2, -0.15) is 0 Å². The summed E-state index contributed by atoms with van der Waals surface area (Å²) in [4.78, 5) is 12.1. The van der Waals surface area contributed by atoms with Crippen molar-refractivity contribution in [3.63, 3.8) is 0 Å². The van der Waals surface area contributed by atoms with E-state index < -0.39 is 9.84 Å². The molecule has 1 fully saturated rings. The van der Waals surface area contributed by atoms with Gasteiger partial charge in [0, 0.05) is 17.5 Å². The molecule has 0 aliphatic heterocycles. The van der Waals surface area contributed by atoms with Crippen molar-refractivity contribution < 1.29 is 18.3 Å². The summed E-state index contributed by atoms with van der Waals surface area (Å²) in [6, 6.07) is 11.4. The highest BCUT2D eigenvalue weighted by Gasteiger charge is 2.20. The molecule has 132 valence electrons. The molecule has 1 amide bonds. The van der Waals surface area contributed by atoms with Gasteiger partial charge in [0.1, 0.15) is 10.6 Å². The summed E-state index contributed by atoms with van der Waals surface area (Å²) in [5.41, 5.74) is 2.04. The molecule has 0 bridgehead atoms. The number of benzene rings is 2. The van der Waals surface area contributed by atoms with Gasteiger partial charge < -0.3 is 10.4 Å². The molecule has 6 heteroatoms. The zero-order valence-corrected chi connectivity index (χ0v) is 14.8. The quantitative estimate of drug-likeness (QED) is 0.775. The average molecular weight is 359 g/mol. The van der Waals surface area contributed by atoms with E-state index in [2.05, 4.69) is 5.32 Å². The Labute approximate surface area is 147 Å². The molecule has 1 saturated carbocycles. The van der Waals surface area contributed by atoms with Gasteiger partial charge >= 0.3 is 0 Å². The second-order valence-electron chi connectivity index (χ2n) is 6.59. The Balaban J connectivity index is 1.69. The largest absolute Gasteiger partial charge is 0.507 e. The van der Waals surface area contributed by atoms with Crippen LogP contribution in [0.1, 0.15) is 35.2 Å². The van der Waals surface area contributed by atoms with Gasteiger partial charge in [-0.3, -0.25) is 4.79 Å². The first-order valence-corrected chi connectivity index (χ1v) is 10.2. The second kappa shape index (κ2) is 6.88. The summed E-state index contributed by atoms with van der Waals surface area (Å²) in [7, 11) is -3.57. The van der Waals surface area contributed by atoms with E-state index in [4.69, 9.17) is 0 Å². The van der Waals surface area contributed by atoms with Crippen LogP contribution in [0.4, 0.5) is 5.69 Å². The normalized spacial score (nSPS) is 14.3. The van der Waals surface area contributed by atoms with E-state index in [0.717, 1.165) is 18.6 Å². The van der Waals surface area contributed by atoms with E-state index in [-0.39, 0.29) is 16.6 Å². The molecule has 5 nitrogen and oxygen atoms in total. The van der Waals surface area contributed by atoms with Gasteiger partial charge in [0.25, 0.3) is 5.91 Å². The molecular weight excluding hydrogens is 338 g/mol. The number of anilines is 1. The Bertz CT molecular complexity index is 884. The number of phenolic OH excluding ortho intramolecular Hbond substituents is 1. The first-order valence-electron chi connectivity index (χ1n) is 8.26. The van der Waals surface area contributed by atoms with E-state index in [1.807, 2.05) is 12.1 Å². The van der Waals surface area contributed by atoms with Crippen molar-refractivity contribution in [1.29, 1.82) is 0 Å². The van der Waals surface area contributed by atoms with Crippen LogP contribution >= 0.6 is 0 Å². The Morgan fingerprint density at radius 1 is 1.16 bits per heavy atom. The fraction of sp³-hybridized carbons (Fsp3) is 0.316. The molecule has 3 rings (SSSR count). The lowest BCUT2D eigenvalue weighted by Gasteiger charge is -2.09. The van der Waals surface area contributed by atoms with E-state index in [1.165, 1.54) is 43.0 Å². The van der Waals surface area contributed by atoms with Crippen LogP contribution < -0.4 is 5.32 Å². The number of carbonyl (C=O) groups excluding carboxylic acids is 1. The fourth-order valence-corrected chi connectivity index (χ4v) is 3.48. The molecular formula is C19H21NO4S. The van der Waals surface area contributed by atoms with Crippen LogP contribution in [0.3, 0.4) is 0 Å². The van der Waals surface area contributed by atoms with Crippen LogP contribution in [0.5, 0.6) is 5.75 Å². The molecule has 0 spiro atoms. The van der Waals surface area contributed by atoms with E-state index >= 15 is 0 Å². The Hall–Kier alpha value is -2.34. The number of nitrogens with one attached hydrogen (secondary N) is 1. The first-order chi connectivity index (χ1) is 11.8. The summed E-state index contributed by atoms with van der Waals surface area (Å²) in [6.07, 6.45) is 5.91. The van der Waals surface area contributed by atoms with Crippen molar-refractivity contribution in [2.24, 2.45) is 5.92 Å². The third-order valence-corrected chi connectivity index (χ3v) is 5.50. The maximum Gasteiger partial charge on any atom is 0.255 e. The van der Waals surface area contributed by atoms with Crippen molar-refractivity contribution >= 4 is 21.4 Å². The smallest absolute Gasteiger partial charge is 0.255 e. The molecule has 0 radical (unpaired) electrons. The second-order valence-corrected chi connectivity index (χ2v) is 8.57. The molecule has 0 unspecified atom stereocenters. The number of hydrogen-bond acceptors (Lipinski definition) is 4. The lowest BCUT2D eigenvalue weighted by molar-refractivity contribution is 0.102.